The van der Waals surface area contributed by atoms with E-state index >= 15 is 0 Å². The van der Waals surface area contributed by atoms with Crippen LogP contribution in [0.15, 0.2) is 24.4 Å². The van der Waals surface area contributed by atoms with Crippen LogP contribution in [0.5, 0.6) is 5.75 Å². The minimum Gasteiger partial charge on any atom is -0.496 e. The van der Waals surface area contributed by atoms with Crippen LogP contribution in [0.3, 0.4) is 0 Å². The molecular weight excluding hydrogens is 468 g/mol. The first kappa shape index (κ1) is 22.8. The van der Waals surface area contributed by atoms with Crippen LogP contribution in [0.1, 0.15) is 41.6 Å². The minimum absolute atomic E-state index is 0.0723. The fraction of sp³-hybridized carbons (Fsp3) is 0.556. The highest BCUT2D eigenvalue weighted by Gasteiger charge is 2.52. The van der Waals surface area contributed by atoms with Gasteiger partial charge >= 0.3 is 0 Å². The number of carbonyl (C=O) groups is 1. The number of likely N-dealkylation sites (tertiary alicyclic amines) is 1. The first-order valence-corrected chi connectivity index (χ1v) is 13.4. The van der Waals surface area contributed by atoms with E-state index in [1.807, 2.05) is 27.8 Å². The summed E-state index contributed by atoms with van der Waals surface area (Å²) in [5.41, 5.74) is 9.81. The number of nitrogens with one attached hydrogen (secondary N) is 2. The van der Waals surface area contributed by atoms with Crippen LogP contribution in [0.4, 0.5) is 11.8 Å². The van der Waals surface area contributed by atoms with E-state index in [-0.39, 0.29) is 11.9 Å². The summed E-state index contributed by atoms with van der Waals surface area (Å²) in [7, 11) is 1.64. The van der Waals surface area contributed by atoms with Crippen LogP contribution in [-0.2, 0) is 6.54 Å². The standard InChI is InChI=1S/C27H34N8O2/c1-37-22-6-17(25(36)34-13-19-10-29-11-20(19)14-34)2-3-18(22)15-35-23-21(12-31-35)32-26(28)33-24(23)30-9-16-7-27(8-16)4-5-27/h2-3,6,12,16,19-20,29H,4-5,7-11,13-15H2,1H3,(H3,28,30,32,33)/t19-,20+. The number of methoxy groups -OCH3 is 1. The number of carbonyl (C=O) groups excluding carboxylic acids is 1. The van der Waals surface area contributed by atoms with E-state index in [1.54, 1.807) is 13.3 Å². The number of aromatic nitrogens is 4. The normalized spacial score (nSPS) is 23.9. The van der Waals surface area contributed by atoms with Crippen molar-refractivity contribution in [3.05, 3.63) is 35.5 Å². The zero-order valence-electron chi connectivity index (χ0n) is 21.2. The summed E-state index contributed by atoms with van der Waals surface area (Å²) in [4.78, 5) is 24.1. The van der Waals surface area contributed by atoms with Crippen LogP contribution in [0.25, 0.3) is 11.0 Å². The van der Waals surface area contributed by atoms with Gasteiger partial charge in [-0.1, -0.05) is 6.07 Å². The van der Waals surface area contributed by atoms with Gasteiger partial charge in [0.15, 0.2) is 5.82 Å². The number of hydrogen-bond acceptors (Lipinski definition) is 8. The fourth-order valence-electron chi connectivity index (χ4n) is 6.77. The van der Waals surface area contributed by atoms with Gasteiger partial charge in [-0.05, 0) is 61.0 Å². The number of nitrogen functional groups attached to an aromatic ring is 1. The van der Waals surface area contributed by atoms with Crippen LogP contribution >= 0.6 is 0 Å². The third-order valence-corrected chi connectivity index (χ3v) is 9.00. The lowest BCUT2D eigenvalue weighted by atomic mass is 9.72. The topological polar surface area (TPSA) is 123 Å². The van der Waals surface area contributed by atoms with E-state index in [2.05, 4.69) is 25.7 Å². The second-order valence-electron chi connectivity index (χ2n) is 11.5. The quantitative estimate of drug-likeness (QED) is 0.450. The lowest BCUT2D eigenvalue weighted by Gasteiger charge is -2.36. The number of hydrogen-bond donors (Lipinski definition) is 3. The largest absolute Gasteiger partial charge is 0.496 e. The molecule has 0 unspecified atom stereocenters. The maximum Gasteiger partial charge on any atom is 0.254 e. The van der Waals surface area contributed by atoms with E-state index in [9.17, 15) is 4.79 Å². The highest BCUT2D eigenvalue weighted by atomic mass is 16.5. The zero-order valence-corrected chi connectivity index (χ0v) is 21.2. The molecule has 1 aromatic carbocycles. The van der Waals surface area contributed by atoms with E-state index in [0.717, 1.165) is 49.6 Å². The number of nitrogens with two attached hydrogens (primary N) is 1. The van der Waals surface area contributed by atoms with Crippen molar-refractivity contribution in [2.75, 3.05) is 50.9 Å². The van der Waals surface area contributed by atoms with Gasteiger partial charge in [-0.2, -0.15) is 10.1 Å². The van der Waals surface area contributed by atoms with Gasteiger partial charge in [-0.3, -0.25) is 9.48 Å². The van der Waals surface area contributed by atoms with Crippen molar-refractivity contribution < 1.29 is 9.53 Å². The van der Waals surface area contributed by atoms with Crippen molar-refractivity contribution in [1.82, 2.24) is 30.0 Å². The lowest BCUT2D eigenvalue weighted by molar-refractivity contribution is 0.0781. The summed E-state index contributed by atoms with van der Waals surface area (Å²) in [5.74, 6) is 3.52. The summed E-state index contributed by atoms with van der Waals surface area (Å²) in [6, 6.07) is 5.72. The smallest absolute Gasteiger partial charge is 0.254 e. The van der Waals surface area contributed by atoms with Crippen LogP contribution in [-0.4, -0.2) is 70.4 Å². The molecule has 4 heterocycles. The molecular formula is C27H34N8O2. The molecule has 2 saturated heterocycles. The summed E-state index contributed by atoms with van der Waals surface area (Å²) in [6.45, 7) is 4.99. The molecule has 2 aliphatic carbocycles. The molecule has 2 aliphatic heterocycles. The Kier molecular flexibility index (Phi) is 5.28. The molecule has 10 nitrogen and oxygen atoms in total. The van der Waals surface area contributed by atoms with Crippen molar-refractivity contribution in [3.8, 4) is 5.75 Å². The van der Waals surface area contributed by atoms with Crippen molar-refractivity contribution in [2.24, 2.45) is 23.2 Å². The van der Waals surface area contributed by atoms with E-state index in [1.165, 1.54) is 25.7 Å². The van der Waals surface area contributed by atoms with Gasteiger partial charge in [0.25, 0.3) is 5.91 Å². The Morgan fingerprint density at radius 2 is 2.00 bits per heavy atom. The van der Waals surface area contributed by atoms with Crippen LogP contribution < -0.4 is 21.1 Å². The van der Waals surface area contributed by atoms with Gasteiger partial charge in [0.1, 0.15) is 16.8 Å². The van der Waals surface area contributed by atoms with Gasteiger partial charge < -0.3 is 26.0 Å². The molecule has 4 aliphatic rings. The third kappa shape index (κ3) is 4.07. The second-order valence-corrected chi connectivity index (χ2v) is 11.5. The van der Waals surface area contributed by atoms with Crippen molar-refractivity contribution in [3.63, 3.8) is 0 Å². The van der Waals surface area contributed by atoms with E-state index < -0.39 is 0 Å². The number of nitrogens with zero attached hydrogens (tertiary/aromatic N) is 5. The molecule has 10 heteroatoms. The molecule has 37 heavy (non-hydrogen) atoms. The summed E-state index contributed by atoms with van der Waals surface area (Å²) in [6.07, 6.45) is 7.12. The Bertz CT molecular complexity index is 1350. The first-order valence-electron chi connectivity index (χ1n) is 13.4. The molecule has 1 spiro atoms. The van der Waals surface area contributed by atoms with E-state index in [0.29, 0.717) is 46.5 Å². The molecule has 0 bridgehead atoms. The number of fused-ring (bicyclic) bond motifs is 2. The second kappa shape index (κ2) is 8.58. The Morgan fingerprint density at radius 1 is 1.22 bits per heavy atom. The molecule has 3 aromatic rings. The summed E-state index contributed by atoms with van der Waals surface area (Å²) in [5, 5.41) is 11.6. The Balaban J connectivity index is 1.11. The lowest BCUT2D eigenvalue weighted by Crippen LogP contribution is -2.31. The SMILES string of the molecule is COc1cc(C(=O)N2C[C@H]3CNC[C@H]3C2)ccc1Cn1ncc2nc(N)nc(NCC3CC4(CC4)C3)c21. The highest BCUT2D eigenvalue weighted by molar-refractivity contribution is 5.95. The molecule has 2 saturated carbocycles. The number of rotatable bonds is 7. The van der Waals surface area contributed by atoms with Gasteiger partial charge in [-0.15, -0.1) is 0 Å². The van der Waals surface area contributed by atoms with Gasteiger partial charge in [-0.25, -0.2) is 4.98 Å². The maximum absolute atomic E-state index is 13.2. The monoisotopic (exact) mass is 502 g/mol. The van der Waals surface area contributed by atoms with E-state index in [4.69, 9.17) is 10.5 Å². The number of ether oxygens (including phenoxy) is 1. The molecule has 4 fully saturated rings. The number of amides is 1. The van der Waals surface area contributed by atoms with Gasteiger partial charge in [0.05, 0.1) is 19.9 Å². The maximum atomic E-state index is 13.2. The zero-order chi connectivity index (χ0) is 25.1. The van der Waals surface area contributed by atoms with Crippen molar-refractivity contribution in [2.45, 2.75) is 32.2 Å². The summed E-state index contributed by atoms with van der Waals surface area (Å²) >= 11 is 0. The molecule has 4 N–H and O–H groups in total. The first-order chi connectivity index (χ1) is 18.0. The highest BCUT2D eigenvalue weighted by Crippen LogP contribution is 2.63. The van der Waals surface area contributed by atoms with Crippen LogP contribution in [0, 0.1) is 23.2 Å². The Morgan fingerprint density at radius 3 is 2.73 bits per heavy atom. The van der Waals surface area contributed by atoms with Crippen LogP contribution in [0.2, 0.25) is 0 Å². The average molecular weight is 503 g/mol. The molecule has 2 atom stereocenters. The molecule has 1 amide bonds. The number of anilines is 2. The third-order valence-electron chi connectivity index (χ3n) is 9.00. The molecule has 194 valence electrons. The van der Waals surface area contributed by atoms with Gasteiger partial charge in [0, 0.05) is 43.9 Å². The Hall–Kier alpha value is -3.40. The molecule has 0 radical (unpaired) electrons. The average Bonchev–Trinajstić information content (AvgIpc) is 3.17. The predicted molar refractivity (Wildman–Crippen MR) is 140 cm³/mol. The molecule has 2 aromatic heterocycles. The predicted octanol–water partition coefficient (Wildman–Crippen LogP) is 2.36. The fourth-order valence-corrected chi connectivity index (χ4v) is 6.77. The number of benzene rings is 1. The molecule has 7 rings (SSSR count). The van der Waals surface area contributed by atoms with Crippen molar-refractivity contribution in [1.29, 1.82) is 0 Å². The minimum atomic E-state index is 0.0723. The van der Waals surface area contributed by atoms with Crippen molar-refractivity contribution >= 4 is 28.7 Å². The summed E-state index contributed by atoms with van der Waals surface area (Å²) < 4.78 is 7.60. The van der Waals surface area contributed by atoms with Gasteiger partial charge in [0.2, 0.25) is 5.95 Å². The Labute approximate surface area is 216 Å².